The summed E-state index contributed by atoms with van der Waals surface area (Å²) < 4.78 is 0. The fourth-order valence-electron chi connectivity index (χ4n) is 2.32. The average molecular weight is 338 g/mol. The zero-order chi connectivity index (χ0) is 18.1. The highest BCUT2D eigenvalue weighted by Gasteiger charge is 2.10. The number of unbranched alkanes of at least 4 members (excludes halogenated alkanes) is 1. The van der Waals surface area contributed by atoms with Gasteiger partial charge in [-0.25, -0.2) is 0 Å². The second kappa shape index (κ2) is 9.69. The molecule has 1 N–H and O–H groups in total. The Morgan fingerprint density at radius 1 is 1.04 bits per heavy atom. The van der Waals surface area contributed by atoms with Crippen LogP contribution in [-0.4, -0.2) is 33.0 Å². The van der Waals surface area contributed by atoms with Gasteiger partial charge < -0.3 is 10.2 Å². The number of azo groups is 1. The molecule has 0 aliphatic carbocycles. The van der Waals surface area contributed by atoms with Gasteiger partial charge in [-0.1, -0.05) is 25.5 Å². The Morgan fingerprint density at radius 3 is 2.44 bits per heavy atom. The summed E-state index contributed by atoms with van der Waals surface area (Å²) in [5, 5.41) is 11.7. The van der Waals surface area contributed by atoms with Crippen LogP contribution in [0, 0.1) is 0 Å². The molecule has 0 atom stereocenters. The van der Waals surface area contributed by atoms with E-state index in [1.165, 1.54) is 0 Å². The number of hydrogen-bond donors (Lipinski definition) is 1. The molecule has 0 fully saturated rings. The third kappa shape index (κ3) is 5.80. The number of nitrogens with one attached hydrogen (secondary N) is 1. The summed E-state index contributed by atoms with van der Waals surface area (Å²) in [5.41, 5.74) is 3.06. The minimum Gasteiger partial charge on any atom is -0.378 e. The molecule has 25 heavy (non-hydrogen) atoms. The van der Waals surface area contributed by atoms with Crippen LogP contribution >= 0.6 is 0 Å². The molecule has 5 nitrogen and oxygen atoms in total. The Labute approximate surface area is 149 Å². The summed E-state index contributed by atoms with van der Waals surface area (Å²) in [6.45, 7) is 3.30. The van der Waals surface area contributed by atoms with Crippen LogP contribution in [0.3, 0.4) is 0 Å². The molecule has 0 heterocycles. The first-order valence-electron chi connectivity index (χ1n) is 8.64. The lowest BCUT2D eigenvalue weighted by Crippen LogP contribution is -2.23. The first-order valence-corrected chi connectivity index (χ1v) is 8.64. The molecule has 0 saturated heterocycles. The van der Waals surface area contributed by atoms with Gasteiger partial charge in [0.25, 0.3) is 0 Å². The molecule has 0 radical (unpaired) electrons. The monoisotopic (exact) mass is 338 g/mol. The average Bonchev–Trinajstić information content (AvgIpc) is 2.64. The molecule has 0 spiro atoms. The summed E-state index contributed by atoms with van der Waals surface area (Å²) in [5.74, 6) is 0.0357. The van der Waals surface area contributed by atoms with Crippen LogP contribution in [-0.2, 0) is 0 Å². The summed E-state index contributed by atoms with van der Waals surface area (Å²) in [6, 6.07) is 15.1. The highest BCUT2D eigenvalue weighted by Crippen LogP contribution is 2.24. The standard InChI is InChI=1S/C20H26N4O/c1-4-5-14-21-15-20(25)18-8-6-7-9-19(18)23-22-16-10-12-17(13-11-16)24(2)3/h6-13,21H,4-5,14-15H2,1-3H3. The molecule has 132 valence electrons. The van der Waals surface area contributed by atoms with E-state index in [0.29, 0.717) is 17.8 Å². The van der Waals surface area contributed by atoms with Gasteiger partial charge in [-0.3, -0.25) is 4.79 Å². The molecular weight excluding hydrogens is 312 g/mol. The molecule has 2 aromatic rings. The maximum atomic E-state index is 12.4. The summed E-state index contributed by atoms with van der Waals surface area (Å²) in [7, 11) is 3.99. The molecule has 2 aromatic carbocycles. The van der Waals surface area contributed by atoms with E-state index in [2.05, 4.69) is 22.5 Å². The fraction of sp³-hybridized carbons (Fsp3) is 0.350. The third-order valence-electron chi connectivity index (χ3n) is 3.84. The summed E-state index contributed by atoms with van der Waals surface area (Å²) in [6.07, 6.45) is 2.18. The van der Waals surface area contributed by atoms with Crippen molar-refractivity contribution in [1.29, 1.82) is 0 Å². The first kappa shape index (κ1) is 18.8. The van der Waals surface area contributed by atoms with Gasteiger partial charge in [0.1, 0.15) is 0 Å². The second-order valence-electron chi connectivity index (χ2n) is 6.08. The fourth-order valence-corrected chi connectivity index (χ4v) is 2.32. The minimum absolute atomic E-state index is 0.0357. The van der Waals surface area contributed by atoms with Crippen LogP contribution in [0.4, 0.5) is 17.1 Å². The lowest BCUT2D eigenvalue weighted by molar-refractivity contribution is 0.0992. The number of benzene rings is 2. The van der Waals surface area contributed by atoms with E-state index in [-0.39, 0.29) is 5.78 Å². The maximum absolute atomic E-state index is 12.4. The number of carbonyl (C=O) groups excluding carboxylic acids is 1. The van der Waals surface area contributed by atoms with Gasteiger partial charge in [-0.2, -0.15) is 5.11 Å². The van der Waals surface area contributed by atoms with Crippen LogP contribution in [0.1, 0.15) is 30.1 Å². The van der Waals surface area contributed by atoms with Gasteiger partial charge in [0, 0.05) is 25.3 Å². The minimum atomic E-state index is 0.0357. The van der Waals surface area contributed by atoms with E-state index < -0.39 is 0 Å². The van der Waals surface area contributed by atoms with Crippen molar-refractivity contribution in [3.63, 3.8) is 0 Å². The van der Waals surface area contributed by atoms with E-state index in [4.69, 9.17) is 0 Å². The Kier molecular flexibility index (Phi) is 7.29. The number of ketones is 1. The molecule has 5 heteroatoms. The molecule has 2 rings (SSSR count). The van der Waals surface area contributed by atoms with Crippen molar-refractivity contribution < 1.29 is 4.79 Å². The Bertz CT molecular complexity index is 708. The molecule has 0 bridgehead atoms. The van der Waals surface area contributed by atoms with Crippen LogP contribution in [0.2, 0.25) is 0 Å². The molecule has 0 aromatic heterocycles. The maximum Gasteiger partial charge on any atom is 0.178 e. The van der Waals surface area contributed by atoms with E-state index in [0.717, 1.165) is 30.8 Å². The topological polar surface area (TPSA) is 57.1 Å². The lowest BCUT2D eigenvalue weighted by atomic mass is 10.1. The first-order chi connectivity index (χ1) is 12.1. The molecule has 0 unspecified atom stereocenters. The zero-order valence-electron chi connectivity index (χ0n) is 15.2. The van der Waals surface area contributed by atoms with E-state index in [1.54, 1.807) is 6.07 Å². The number of carbonyl (C=O) groups is 1. The quantitative estimate of drug-likeness (QED) is 0.408. The van der Waals surface area contributed by atoms with Gasteiger partial charge in [-0.05, 0) is 49.4 Å². The van der Waals surface area contributed by atoms with Crippen molar-refractivity contribution in [3.05, 3.63) is 54.1 Å². The van der Waals surface area contributed by atoms with Crippen LogP contribution in [0.5, 0.6) is 0 Å². The van der Waals surface area contributed by atoms with Crippen molar-refractivity contribution >= 4 is 22.8 Å². The number of hydrogen-bond acceptors (Lipinski definition) is 5. The smallest absolute Gasteiger partial charge is 0.178 e. The van der Waals surface area contributed by atoms with Crippen LogP contribution in [0.15, 0.2) is 58.8 Å². The van der Waals surface area contributed by atoms with Gasteiger partial charge >= 0.3 is 0 Å². The van der Waals surface area contributed by atoms with Gasteiger partial charge in [0.15, 0.2) is 5.78 Å². The number of Topliss-reactive ketones (excluding diaryl/α,β-unsaturated/α-hetero) is 1. The SMILES string of the molecule is CCCCNCC(=O)c1ccccc1N=Nc1ccc(N(C)C)cc1. The number of anilines is 1. The highest BCUT2D eigenvalue weighted by atomic mass is 16.1. The summed E-state index contributed by atoms with van der Waals surface area (Å²) in [4.78, 5) is 14.4. The molecule has 0 aliphatic rings. The summed E-state index contributed by atoms with van der Waals surface area (Å²) >= 11 is 0. The van der Waals surface area contributed by atoms with E-state index in [9.17, 15) is 4.79 Å². The van der Waals surface area contributed by atoms with Crippen molar-refractivity contribution in [3.8, 4) is 0 Å². The van der Waals surface area contributed by atoms with E-state index in [1.807, 2.05) is 61.5 Å². The molecule has 0 aliphatic heterocycles. The van der Waals surface area contributed by atoms with Crippen molar-refractivity contribution in [1.82, 2.24) is 5.32 Å². The van der Waals surface area contributed by atoms with Crippen molar-refractivity contribution in [2.75, 3.05) is 32.1 Å². The van der Waals surface area contributed by atoms with Gasteiger partial charge in [-0.15, -0.1) is 5.11 Å². The lowest BCUT2D eigenvalue weighted by Gasteiger charge is -2.11. The Hall–Kier alpha value is -2.53. The van der Waals surface area contributed by atoms with Crippen molar-refractivity contribution in [2.45, 2.75) is 19.8 Å². The largest absolute Gasteiger partial charge is 0.378 e. The predicted molar refractivity (Wildman–Crippen MR) is 103 cm³/mol. The predicted octanol–water partition coefficient (Wildman–Crippen LogP) is 4.74. The van der Waals surface area contributed by atoms with Crippen LogP contribution in [0.25, 0.3) is 0 Å². The molecule has 0 saturated carbocycles. The number of nitrogens with zero attached hydrogens (tertiary/aromatic N) is 3. The Morgan fingerprint density at radius 2 is 1.76 bits per heavy atom. The molecule has 0 amide bonds. The van der Waals surface area contributed by atoms with E-state index >= 15 is 0 Å². The van der Waals surface area contributed by atoms with Crippen LogP contribution < -0.4 is 10.2 Å². The highest BCUT2D eigenvalue weighted by molar-refractivity contribution is 6.01. The van der Waals surface area contributed by atoms with Gasteiger partial charge in [0.05, 0.1) is 17.9 Å². The van der Waals surface area contributed by atoms with Gasteiger partial charge in [0.2, 0.25) is 0 Å². The number of rotatable bonds is 9. The Balaban J connectivity index is 2.07. The third-order valence-corrected chi connectivity index (χ3v) is 3.84. The molecular formula is C20H26N4O. The second-order valence-corrected chi connectivity index (χ2v) is 6.08. The zero-order valence-corrected chi connectivity index (χ0v) is 15.2. The normalized spacial score (nSPS) is 11.0. The van der Waals surface area contributed by atoms with Crippen molar-refractivity contribution in [2.24, 2.45) is 10.2 Å².